The Balaban J connectivity index is 2.20. The number of pyridine rings is 1. The van der Waals surface area contributed by atoms with Crippen LogP contribution >= 0.6 is 11.6 Å². The predicted octanol–water partition coefficient (Wildman–Crippen LogP) is 0.828. The summed E-state index contributed by atoms with van der Waals surface area (Å²) in [6, 6.07) is 1.73. The minimum atomic E-state index is -1.07. The Bertz CT molecular complexity index is 877. The third-order valence-electron chi connectivity index (χ3n) is 3.70. The van der Waals surface area contributed by atoms with Crippen LogP contribution in [0.15, 0.2) is 28.1 Å². The summed E-state index contributed by atoms with van der Waals surface area (Å²) in [7, 11) is 1.54. The van der Waals surface area contributed by atoms with E-state index < -0.39 is 5.54 Å². The number of aryl methyl sites for hydroxylation is 1. The predicted molar refractivity (Wildman–Crippen MR) is 94.8 cm³/mol. The molecule has 0 amide bonds. The number of nitrogen functional groups attached to an aromatic ring is 1. The van der Waals surface area contributed by atoms with Crippen LogP contribution in [-0.4, -0.2) is 33.3 Å². The van der Waals surface area contributed by atoms with E-state index in [9.17, 15) is 0 Å². The van der Waals surface area contributed by atoms with Gasteiger partial charge in [0.15, 0.2) is 5.82 Å². The summed E-state index contributed by atoms with van der Waals surface area (Å²) in [5, 5.41) is 0.219. The van der Waals surface area contributed by atoms with Crippen LogP contribution in [0.3, 0.4) is 0 Å². The molecule has 0 bridgehead atoms. The Morgan fingerprint density at radius 1 is 1.24 bits per heavy atom. The minimum Gasteiger partial charge on any atom is -0.495 e. The zero-order valence-corrected chi connectivity index (χ0v) is 14.4. The maximum Gasteiger partial charge on any atom is 0.223 e. The Labute approximate surface area is 149 Å². The molecular weight excluding hydrogens is 344 g/mol. The average Bonchev–Trinajstić information content (AvgIpc) is 2.57. The van der Waals surface area contributed by atoms with Crippen molar-refractivity contribution >= 4 is 23.8 Å². The lowest BCUT2D eigenvalue weighted by Gasteiger charge is -2.29. The fourth-order valence-corrected chi connectivity index (χ4v) is 2.67. The maximum absolute atomic E-state index is 6.51. The molecule has 1 aliphatic heterocycles. The number of hydrogen-bond acceptors (Lipinski definition) is 9. The first kappa shape index (κ1) is 17.1. The molecule has 9 nitrogen and oxygen atoms in total. The van der Waals surface area contributed by atoms with E-state index in [1.54, 1.807) is 19.2 Å². The molecule has 0 aliphatic carbocycles. The molecule has 2 aromatic rings. The molecule has 1 unspecified atom stereocenters. The van der Waals surface area contributed by atoms with Crippen LogP contribution in [0, 0.1) is 6.92 Å². The van der Waals surface area contributed by atoms with E-state index in [1.807, 2.05) is 0 Å². The summed E-state index contributed by atoms with van der Waals surface area (Å²) >= 11 is 5.94. The molecule has 3 rings (SSSR count). The van der Waals surface area contributed by atoms with Crippen LogP contribution in [0.2, 0.25) is 0 Å². The fraction of sp³-hybridized carbons (Fsp3) is 0.267. The van der Waals surface area contributed by atoms with Gasteiger partial charge in [0.1, 0.15) is 22.3 Å². The van der Waals surface area contributed by atoms with Crippen LogP contribution in [0.1, 0.15) is 17.9 Å². The summed E-state index contributed by atoms with van der Waals surface area (Å²) in [5.41, 5.74) is 18.5. The lowest BCUT2D eigenvalue weighted by Crippen LogP contribution is -2.43. The van der Waals surface area contributed by atoms with Crippen molar-refractivity contribution in [1.29, 1.82) is 0 Å². The van der Waals surface area contributed by atoms with Gasteiger partial charge in [-0.05, 0) is 13.0 Å². The van der Waals surface area contributed by atoms with Crippen molar-refractivity contribution in [3.05, 3.63) is 34.6 Å². The van der Waals surface area contributed by atoms with Gasteiger partial charge >= 0.3 is 0 Å². The summed E-state index contributed by atoms with van der Waals surface area (Å²) in [6.45, 7) is 1.72. The second-order valence-corrected chi connectivity index (χ2v) is 5.99. The Morgan fingerprint density at radius 3 is 2.64 bits per heavy atom. The Morgan fingerprint density at radius 2 is 2.00 bits per heavy atom. The summed E-state index contributed by atoms with van der Waals surface area (Å²) in [4.78, 5) is 21.0. The standard InChI is InChI=1S/C15H17ClN8O/c1-7-22-13(24-14(18)23-7)9-3-8(25-2)5-20-11(9)15(19)4-10(17)12(16)21-6-15/h3,5-6H,4,17,19H2,1-2H3,(H2,18,22,23,24). The zero-order valence-electron chi connectivity index (χ0n) is 13.7. The monoisotopic (exact) mass is 360 g/mol. The zero-order chi connectivity index (χ0) is 18.2. The van der Waals surface area contributed by atoms with Gasteiger partial charge in [-0.1, -0.05) is 11.6 Å². The molecule has 0 spiro atoms. The van der Waals surface area contributed by atoms with Crippen molar-refractivity contribution in [1.82, 2.24) is 19.9 Å². The second kappa shape index (κ2) is 6.26. The maximum atomic E-state index is 6.51. The van der Waals surface area contributed by atoms with Crippen LogP contribution in [0.5, 0.6) is 5.75 Å². The van der Waals surface area contributed by atoms with E-state index in [1.165, 1.54) is 13.3 Å². The van der Waals surface area contributed by atoms with Crippen molar-refractivity contribution in [3.63, 3.8) is 0 Å². The molecule has 25 heavy (non-hydrogen) atoms. The highest BCUT2D eigenvalue weighted by Gasteiger charge is 2.35. The van der Waals surface area contributed by atoms with E-state index in [4.69, 9.17) is 33.5 Å². The van der Waals surface area contributed by atoms with E-state index in [0.29, 0.717) is 34.4 Å². The lowest BCUT2D eigenvalue weighted by molar-refractivity contribution is 0.412. The van der Waals surface area contributed by atoms with E-state index in [2.05, 4.69) is 24.9 Å². The Hall–Kier alpha value is -2.78. The van der Waals surface area contributed by atoms with Crippen molar-refractivity contribution in [3.8, 4) is 17.1 Å². The Kier molecular flexibility index (Phi) is 4.27. The van der Waals surface area contributed by atoms with Crippen LogP contribution in [-0.2, 0) is 5.54 Å². The highest BCUT2D eigenvalue weighted by atomic mass is 35.5. The number of aromatic nitrogens is 4. The molecular formula is C15H17ClN8O. The number of rotatable bonds is 3. The summed E-state index contributed by atoms with van der Waals surface area (Å²) in [6.07, 6.45) is 3.32. The molecule has 3 heterocycles. The van der Waals surface area contributed by atoms with Crippen LogP contribution in [0.4, 0.5) is 5.95 Å². The third-order valence-corrected chi connectivity index (χ3v) is 4.04. The first-order chi connectivity index (χ1) is 11.8. The van der Waals surface area contributed by atoms with Crippen molar-refractivity contribution in [2.45, 2.75) is 18.9 Å². The van der Waals surface area contributed by atoms with Crippen LogP contribution in [0.25, 0.3) is 11.4 Å². The van der Waals surface area contributed by atoms with Gasteiger partial charge in [0, 0.05) is 23.9 Å². The molecule has 0 saturated heterocycles. The highest BCUT2D eigenvalue weighted by molar-refractivity contribution is 6.30. The molecule has 0 aromatic carbocycles. The van der Waals surface area contributed by atoms with Gasteiger partial charge in [-0.25, -0.2) is 9.98 Å². The normalized spacial score (nSPS) is 20.0. The number of anilines is 1. The number of methoxy groups -OCH3 is 1. The summed E-state index contributed by atoms with van der Waals surface area (Å²) in [5.74, 6) is 1.43. The number of nitrogens with two attached hydrogens (primary N) is 3. The molecule has 2 aromatic heterocycles. The van der Waals surface area contributed by atoms with Gasteiger partial charge in [0.05, 0.1) is 19.0 Å². The van der Waals surface area contributed by atoms with Crippen molar-refractivity contribution in [2.24, 2.45) is 16.5 Å². The first-order valence-corrected chi connectivity index (χ1v) is 7.71. The quantitative estimate of drug-likeness (QED) is 0.680. The fourth-order valence-electron chi connectivity index (χ4n) is 2.55. The van der Waals surface area contributed by atoms with Gasteiger partial charge in [-0.15, -0.1) is 0 Å². The molecule has 0 saturated carbocycles. The number of ether oxygens (including phenoxy) is 1. The van der Waals surface area contributed by atoms with Gasteiger partial charge in [-0.3, -0.25) is 4.98 Å². The smallest absolute Gasteiger partial charge is 0.223 e. The third kappa shape index (κ3) is 3.24. The molecule has 10 heteroatoms. The molecule has 6 N–H and O–H groups in total. The SMILES string of the molecule is COc1cnc(C2(N)C=NC(Cl)=C(N)C2)c(-c2nc(C)nc(N)n2)c1. The van der Waals surface area contributed by atoms with Crippen molar-refractivity contribution in [2.75, 3.05) is 12.8 Å². The number of hydrogen-bond donors (Lipinski definition) is 3. The van der Waals surface area contributed by atoms with Gasteiger partial charge in [0.25, 0.3) is 0 Å². The van der Waals surface area contributed by atoms with Gasteiger partial charge in [0.2, 0.25) is 5.95 Å². The largest absolute Gasteiger partial charge is 0.495 e. The average molecular weight is 361 g/mol. The molecule has 0 radical (unpaired) electrons. The lowest BCUT2D eigenvalue weighted by atomic mass is 9.87. The first-order valence-electron chi connectivity index (χ1n) is 7.33. The molecule has 0 fully saturated rings. The second-order valence-electron chi connectivity index (χ2n) is 5.63. The minimum absolute atomic E-state index is 0.0992. The number of aliphatic imine (C=N–C) groups is 1. The van der Waals surface area contributed by atoms with E-state index in [0.717, 1.165) is 0 Å². The molecule has 130 valence electrons. The van der Waals surface area contributed by atoms with Crippen LogP contribution < -0.4 is 21.9 Å². The number of nitrogens with zero attached hydrogens (tertiary/aromatic N) is 5. The topological polar surface area (TPSA) is 151 Å². The highest BCUT2D eigenvalue weighted by Crippen LogP contribution is 2.35. The van der Waals surface area contributed by atoms with Crippen molar-refractivity contribution < 1.29 is 4.74 Å². The molecule has 1 aliphatic rings. The number of halogens is 1. The van der Waals surface area contributed by atoms with E-state index in [-0.39, 0.29) is 17.5 Å². The molecule has 1 atom stereocenters. The van der Waals surface area contributed by atoms with E-state index >= 15 is 0 Å². The van der Waals surface area contributed by atoms with Gasteiger partial charge < -0.3 is 21.9 Å². The summed E-state index contributed by atoms with van der Waals surface area (Å²) < 4.78 is 5.26. The van der Waals surface area contributed by atoms with Gasteiger partial charge in [-0.2, -0.15) is 9.97 Å².